The Morgan fingerprint density at radius 1 is 1.13 bits per heavy atom. The van der Waals surface area contributed by atoms with Crippen LogP contribution in [0.25, 0.3) is 11.5 Å². The fraction of sp³-hybridized carbons (Fsp3) is 0.176. The highest BCUT2D eigenvalue weighted by atomic mass is 79.9. The number of rotatable bonds is 5. The van der Waals surface area contributed by atoms with E-state index in [4.69, 9.17) is 9.15 Å². The molecule has 6 heteroatoms. The molecule has 0 bridgehead atoms. The normalized spacial score (nSPS) is 10.6. The molecule has 5 nitrogen and oxygen atoms in total. The van der Waals surface area contributed by atoms with Crippen molar-refractivity contribution in [2.75, 3.05) is 12.4 Å². The van der Waals surface area contributed by atoms with Gasteiger partial charge in [-0.15, -0.1) is 10.2 Å². The topological polar surface area (TPSA) is 60.2 Å². The molecular formula is C17H16BrN3O2. The van der Waals surface area contributed by atoms with Gasteiger partial charge in [-0.3, -0.25) is 0 Å². The number of anilines is 1. The van der Waals surface area contributed by atoms with Crippen molar-refractivity contribution in [3.63, 3.8) is 0 Å². The van der Waals surface area contributed by atoms with Gasteiger partial charge in [-0.25, -0.2) is 0 Å². The van der Waals surface area contributed by atoms with E-state index in [1.54, 1.807) is 7.11 Å². The maximum Gasteiger partial charge on any atom is 0.247 e. The van der Waals surface area contributed by atoms with Gasteiger partial charge in [0.2, 0.25) is 11.8 Å². The predicted octanol–water partition coefficient (Wildman–Crippen LogP) is 4.43. The first-order valence-corrected chi connectivity index (χ1v) is 7.92. The van der Waals surface area contributed by atoms with E-state index in [2.05, 4.69) is 37.5 Å². The van der Waals surface area contributed by atoms with Crippen molar-refractivity contribution in [1.82, 2.24) is 10.2 Å². The van der Waals surface area contributed by atoms with Crippen molar-refractivity contribution >= 4 is 21.6 Å². The van der Waals surface area contributed by atoms with E-state index in [-0.39, 0.29) is 0 Å². The summed E-state index contributed by atoms with van der Waals surface area (Å²) in [4.78, 5) is 0. The van der Waals surface area contributed by atoms with Crippen LogP contribution >= 0.6 is 15.9 Å². The van der Waals surface area contributed by atoms with E-state index in [0.29, 0.717) is 18.3 Å². The number of aromatic nitrogens is 2. The van der Waals surface area contributed by atoms with Crippen molar-refractivity contribution in [1.29, 1.82) is 0 Å². The van der Waals surface area contributed by atoms with Crippen molar-refractivity contribution in [3.8, 4) is 17.2 Å². The summed E-state index contributed by atoms with van der Waals surface area (Å²) in [7, 11) is 1.63. The summed E-state index contributed by atoms with van der Waals surface area (Å²) >= 11 is 3.45. The Bertz CT molecular complexity index is 800. The molecule has 0 atom stereocenters. The predicted molar refractivity (Wildman–Crippen MR) is 92.5 cm³/mol. The number of benzene rings is 2. The van der Waals surface area contributed by atoms with Crippen LogP contribution in [0.15, 0.2) is 51.4 Å². The summed E-state index contributed by atoms with van der Waals surface area (Å²) in [6, 6.07) is 13.6. The lowest BCUT2D eigenvalue weighted by atomic mass is 10.2. The van der Waals surface area contributed by atoms with Gasteiger partial charge in [-0.1, -0.05) is 15.9 Å². The number of hydrogen-bond donors (Lipinski definition) is 1. The fourth-order valence-electron chi connectivity index (χ4n) is 2.17. The van der Waals surface area contributed by atoms with E-state index < -0.39 is 0 Å². The van der Waals surface area contributed by atoms with Crippen molar-refractivity contribution in [2.24, 2.45) is 0 Å². The fourth-order valence-corrected chi connectivity index (χ4v) is 2.65. The Hall–Kier alpha value is -2.34. The Morgan fingerprint density at radius 3 is 2.61 bits per heavy atom. The number of nitrogens with zero attached hydrogens (tertiary/aromatic N) is 2. The third-order valence-electron chi connectivity index (χ3n) is 3.42. The summed E-state index contributed by atoms with van der Waals surface area (Å²) in [5.74, 6) is 1.83. The summed E-state index contributed by atoms with van der Waals surface area (Å²) in [5.41, 5.74) is 3.05. The third-order valence-corrected chi connectivity index (χ3v) is 3.92. The molecule has 0 saturated carbocycles. The summed E-state index contributed by atoms with van der Waals surface area (Å²) in [6.07, 6.45) is 0. The molecule has 118 valence electrons. The summed E-state index contributed by atoms with van der Waals surface area (Å²) < 4.78 is 11.9. The SMILES string of the molecule is COc1ccc(-c2nnc(CNc3ccc(Br)cc3C)o2)cc1. The molecule has 3 aromatic rings. The molecule has 0 radical (unpaired) electrons. The Morgan fingerprint density at radius 2 is 1.91 bits per heavy atom. The summed E-state index contributed by atoms with van der Waals surface area (Å²) in [5, 5.41) is 11.5. The Balaban J connectivity index is 1.69. The largest absolute Gasteiger partial charge is 0.497 e. The van der Waals surface area contributed by atoms with Gasteiger partial charge in [0.25, 0.3) is 0 Å². The Labute approximate surface area is 142 Å². The highest BCUT2D eigenvalue weighted by molar-refractivity contribution is 9.10. The Kier molecular flexibility index (Phi) is 4.62. The maximum atomic E-state index is 5.69. The van der Waals surface area contributed by atoms with Crippen LogP contribution < -0.4 is 10.1 Å². The zero-order valence-corrected chi connectivity index (χ0v) is 14.4. The lowest BCUT2D eigenvalue weighted by Crippen LogP contribution is -2.01. The van der Waals surface area contributed by atoms with Gasteiger partial charge >= 0.3 is 0 Å². The molecule has 1 N–H and O–H groups in total. The molecule has 23 heavy (non-hydrogen) atoms. The van der Waals surface area contributed by atoms with Gasteiger partial charge in [-0.05, 0) is 55.0 Å². The molecule has 1 aromatic heterocycles. The standard InChI is InChI=1S/C17H16BrN3O2/c1-11-9-13(18)5-8-15(11)19-10-16-20-21-17(23-16)12-3-6-14(22-2)7-4-12/h3-9,19H,10H2,1-2H3. The van der Waals surface area contributed by atoms with Crippen molar-refractivity contribution in [2.45, 2.75) is 13.5 Å². The molecule has 3 rings (SSSR count). The molecule has 0 fully saturated rings. The van der Waals surface area contributed by atoms with Crippen molar-refractivity contribution in [3.05, 3.63) is 58.4 Å². The first-order chi connectivity index (χ1) is 11.2. The van der Waals surface area contributed by atoms with Gasteiger partial charge in [0.1, 0.15) is 5.75 Å². The first kappa shape index (κ1) is 15.6. The van der Waals surface area contributed by atoms with Crippen LogP contribution in [0.5, 0.6) is 5.75 Å². The average Bonchev–Trinajstić information content (AvgIpc) is 3.03. The maximum absolute atomic E-state index is 5.69. The van der Waals surface area contributed by atoms with E-state index in [1.165, 1.54) is 0 Å². The minimum Gasteiger partial charge on any atom is -0.497 e. The molecular weight excluding hydrogens is 358 g/mol. The van der Waals surface area contributed by atoms with E-state index >= 15 is 0 Å². The van der Waals surface area contributed by atoms with Crippen LogP contribution in [0.3, 0.4) is 0 Å². The molecule has 0 amide bonds. The van der Waals surface area contributed by atoms with Gasteiger partial charge in [0.15, 0.2) is 0 Å². The van der Waals surface area contributed by atoms with Crippen LogP contribution in [0.1, 0.15) is 11.5 Å². The van der Waals surface area contributed by atoms with Crippen LogP contribution in [0, 0.1) is 6.92 Å². The third kappa shape index (κ3) is 3.71. The second kappa shape index (κ2) is 6.83. The second-order valence-electron chi connectivity index (χ2n) is 5.04. The monoisotopic (exact) mass is 373 g/mol. The minimum atomic E-state index is 0.478. The molecule has 2 aromatic carbocycles. The molecule has 0 unspecified atom stereocenters. The molecule has 0 saturated heterocycles. The lowest BCUT2D eigenvalue weighted by Gasteiger charge is -2.07. The van der Waals surface area contributed by atoms with Crippen LogP contribution in [-0.2, 0) is 6.54 Å². The number of nitrogens with one attached hydrogen (secondary N) is 1. The van der Waals surface area contributed by atoms with Gasteiger partial charge in [0, 0.05) is 15.7 Å². The number of ether oxygens (including phenoxy) is 1. The van der Waals surface area contributed by atoms with Crippen LogP contribution in [0.4, 0.5) is 5.69 Å². The number of halogens is 1. The molecule has 0 aliphatic rings. The zero-order valence-electron chi connectivity index (χ0n) is 12.8. The van der Waals surface area contributed by atoms with Crippen molar-refractivity contribution < 1.29 is 9.15 Å². The second-order valence-corrected chi connectivity index (χ2v) is 5.96. The van der Waals surface area contributed by atoms with E-state index in [9.17, 15) is 0 Å². The smallest absolute Gasteiger partial charge is 0.247 e. The van der Waals surface area contributed by atoms with Gasteiger partial charge < -0.3 is 14.5 Å². The summed E-state index contributed by atoms with van der Waals surface area (Å²) in [6.45, 7) is 2.52. The number of methoxy groups -OCH3 is 1. The highest BCUT2D eigenvalue weighted by Gasteiger charge is 2.09. The molecule has 0 spiro atoms. The minimum absolute atomic E-state index is 0.478. The molecule has 0 aliphatic heterocycles. The first-order valence-electron chi connectivity index (χ1n) is 7.12. The van der Waals surface area contributed by atoms with E-state index in [0.717, 1.165) is 27.0 Å². The van der Waals surface area contributed by atoms with Crippen LogP contribution in [-0.4, -0.2) is 17.3 Å². The lowest BCUT2D eigenvalue weighted by molar-refractivity contribution is 0.415. The quantitative estimate of drug-likeness (QED) is 0.716. The average molecular weight is 374 g/mol. The van der Waals surface area contributed by atoms with Crippen LogP contribution in [0.2, 0.25) is 0 Å². The zero-order chi connectivity index (χ0) is 16.2. The number of hydrogen-bond acceptors (Lipinski definition) is 5. The van der Waals surface area contributed by atoms with Gasteiger partial charge in [0.05, 0.1) is 13.7 Å². The molecule has 0 aliphatic carbocycles. The highest BCUT2D eigenvalue weighted by Crippen LogP contribution is 2.23. The number of aryl methyl sites for hydroxylation is 1. The van der Waals surface area contributed by atoms with E-state index in [1.807, 2.05) is 43.3 Å². The molecule has 1 heterocycles. The van der Waals surface area contributed by atoms with Gasteiger partial charge in [-0.2, -0.15) is 0 Å².